The molecular formula is C15H24N2O3S. The topological polar surface area (TPSA) is 62.6 Å². The van der Waals surface area contributed by atoms with Crippen LogP contribution in [-0.2, 0) is 16.6 Å². The van der Waals surface area contributed by atoms with E-state index in [2.05, 4.69) is 5.32 Å². The third kappa shape index (κ3) is 3.03. The first kappa shape index (κ1) is 15.1. The molecule has 0 spiro atoms. The van der Waals surface area contributed by atoms with Gasteiger partial charge in [0, 0.05) is 14.1 Å². The van der Waals surface area contributed by atoms with Gasteiger partial charge < -0.3 is 9.73 Å². The van der Waals surface area contributed by atoms with Crippen LogP contribution in [0.4, 0.5) is 0 Å². The fraction of sp³-hybridized carbons (Fsp3) is 0.733. The van der Waals surface area contributed by atoms with Crippen molar-refractivity contribution in [1.29, 1.82) is 0 Å². The van der Waals surface area contributed by atoms with Gasteiger partial charge in [-0.3, -0.25) is 0 Å². The van der Waals surface area contributed by atoms with Crippen LogP contribution in [0.25, 0.3) is 0 Å². The smallest absolute Gasteiger partial charge is 0.275 e. The SMILES string of the molecule is CN(C)S(=O)(=O)c1ccc(CNCC2CC3CCC2C3)o1. The maximum absolute atomic E-state index is 11.9. The highest BCUT2D eigenvalue weighted by Gasteiger charge is 2.38. The number of rotatable bonds is 6. The Balaban J connectivity index is 1.51. The first-order valence-electron chi connectivity index (χ1n) is 7.69. The number of sulfonamides is 1. The Morgan fingerprint density at radius 2 is 2.10 bits per heavy atom. The van der Waals surface area contributed by atoms with Crippen molar-refractivity contribution in [2.24, 2.45) is 17.8 Å². The molecule has 2 aliphatic rings. The summed E-state index contributed by atoms with van der Waals surface area (Å²) in [4.78, 5) is 0. The molecule has 1 aromatic rings. The van der Waals surface area contributed by atoms with Crippen molar-refractivity contribution in [3.8, 4) is 0 Å². The maximum Gasteiger partial charge on any atom is 0.275 e. The lowest BCUT2D eigenvalue weighted by Crippen LogP contribution is -2.26. The lowest BCUT2D eigenvalue weighted by atomic mass is 9.89. The minimum Gasteiger partial charge on any atom is -0.447 e. The quantitative estimate of drug-likeness (QED) is 0.873. The molecule has 0 radical (unpaired) electrons. The van der Waals surface area contributed by atoms with Gasteiger partial charge in [-0.05, 0) is 55.7 Å². The molecule has 3 rings (SSSR count). The van der Waals surface area contributed by atoms with Crippen molar-refractivity contribution in [3.05, 3.63) is 17.9 Å². The maximum atomic E-state index is 11.9. The Kier molecular flexibility index (Phi) is 4.12. The van der Waals surface area contributed by atoms with E-state index in [9.17, 15) is 8.42 Å². The molecule has 3 unspecified atom stereocenters. The van der Waals surface area contributed by atoms with Crippen LogP contribution in [0.15, 0.2) is 21.6 Å². The van der Waals surface area contributed by atoms with Crippen molar-refractivity contribution in [1.82, 2.24) is 9.62 Å². The van der Waals surface area contributed by atoms with Gasteiger partial charge in [0.15, 0.2) is 0 Å². The third-order valence-corrected chi connectivity index (χ3v) is 6.65. The Bertz CT molecular complexity index is 594. The molecular weight excluding hydrogens is 288 g/mol. The first-order valence-corrected chi connectivity index (χ1v) is 9.13. The van der Waals surface area contributed by atoms with Crippen molar-refractivity contribution < 1.29 is 12.8 Å². The predicted octanol–water partition coefficient (Wildman–Crippen LogP) is 2.06. The summed E-state index contributed by atoms with van der Waals surface area (Å²) in [5, 5.41) is 3.44. The van der Waals surface area contributed by atoms with E-state index in [1.165, 1.54) is 45.8 Å². The highest BCUT2D eigenvalue weighted by atomic mass is 32.2. The summed E-state index contributed by atoms with van der Waals surface area (Å²) in [6.07, 6.45) is 5.59. The molecule has 3 atom stereocenters. The molecule has 2 aliphatic carbocycles. The average molecular weight is 312 g/mol. The van der Waals surface area contributed by atoms with Gasteiger partial charge in [0.1, 0.15) is 5.76 Å². The summed E-state index contributed by atoms with van der Waals surface area (Å²) in [5.74, 6) is 3.34. The van der Waals surface area contributed by atoms with Crippen molar-refractivity contribution in [3.63, 3.8) is 0 Å². The fourth-order valence-corrected chi connectivity index (χ4v) is 4.59. The van der Waals surface area contributed by atoms with E-state index in [1.54, 1.807) is 6.07 Å². The van der Waals surface area contributed by atoms with Gasteiger partial charge in [0.25, 0.3) is 10.0 Å². The number of hydrogen-bond donors (Lipinski definition) is 1. The molecule has 6 heteroatoms. The second kappa shape index (κ2) is 5.74. The Morgan fingerprint density at radius 1 is 1.29 bits per heavy atom. The molecule has 5 nitrogen and oxygen atoms in total. The third-order valence-electron chi connectivity index (χ3n) is 4.96. The second-order valence-electron chi connectivity index (χ2n) is 6.57. The number of fused-ring (bicyclic) bond motifs is 2. The molecule has 1 N–H and O–H groups in total. The summed E-state index contributed by atoms with van der Waals surface area (Å²) in [7, 11) is -0.455. The van der Waals surface area contributed by atoms with Gasteiger partial charge in [0.05, 0.1) is 6.54 Å². The molecule has 0 aromatic carbocycles. The fourth-order valence-electron chi connectivity index (χ4n) is 3.78. The van der Waals surface area contributed by atoms with E-state index in [-0.39, 0.29) is 5.09 Å². The van der Waals surface area contributed by atoms with E-state index >= 15 is 0 Å². The lowest BCUT2D eigenvalue weighted by Gasteiger charge is -2.21. The Labute approximate surface area is 126 Å². The molecule has 2 saturated carbocycles. The molecule has 1 heterocycles. The minimum atomic E-state index is -3.46. The molecule has 21 heavy (non-hydrogen) atoms. The monoisotopic (exact) mass is 312 g/mol. The van der Waals surface area contributed by atoms with E-state index in [0.717, 1.165) is 28.6 Å². The largest absolute Gasteiger partial charge is 0.447 e. The van der Waals surface area contributed by atoms with Crippen molar-refractivity contribution in [2.45, 2.75) is 37.3 Å². The average Bonchev–Trinajstić information content (AvgIpc) is 3.14. The first-order chi connectivity index (χ1) is 9.96. The molecule has 0 aliphatic heterocycles. The molecule has 1 aromatic heterocycles. The van der Waals surface area contributed by atoms with Crippen LogP contribution in [0.1, 0.15) is 31.4 Å². The Hall–Kier alpha value is -0.850. The van der Waals surface area contributed by atoms with Gasteiger partial charge in [-0.15, -0.1) is 0 Å². The van der Waals surface area contributed by atoms with Crippen LogP contribution in [-0.4, -0.2) is 33.4 Å². The van der Waals surface area contributed by atoms with Gasteiger partial charge in [-0.2, -0.15) is 0 Å². The summed E-state index contributed by atoms with van der Waals surface area (Å²) < 4.78 is 30.5. The van der Waals surface area contributed by atoms with Gasteiger partial charge in [-0.1, -0.05) is 6.42 Å². The second-order valence-corrected chi connectivity index (χ2v) is 8.66. The highest BCUT2D eigenvalue weighted by molar-refractivity contribution is 7.88. The van der Waals surface area contributed by atoms with Crippen LogP contribution in [0.2, 0.25) is 0 Å². The van der Waals surface area contributed by atoms with E-state index in [0.29, 0.717) is 12.3 Å². The molecule has 2 fully saturated rings. The lowest BCUT2D eigenvalue weighted by molar-refractivity contribution is 0.310. The van der Waals surface area contributed by atoms with Gasteiger partial charge >= 0.3 is 0 Å². The molecule has 118 valence electrons. The number of furan rings is 1. The van der Waals surface area contributed by atoms with E-state index < -0.39 is 10.0 Å². The van der Waals surface area contributed by atoms with Crippen LogP contribution < -0.4 is 5.32 Å². The summed E-state index contributed by atoms with van der Waals surface area (Å²) in [6.45, 7) is 1.61. The van der Waals surface area contributed by atoms with Crippen LogP contribution in [0.3, 0.4) is 0 Å². The summed E-state index contributed by atoms with van der Waals surface area (Å²) in [5.41, 5.74) is 0. The standard InChI is InChI=1S/C15H24N2O3S/c1-17(2)21(18,19)15-6-5-14(20-15)10-16-9-13-8-11-3-4-12(13)7-11/h5-6,11-13,16H,3-4,7-10H2,1-2H3. The molecule has 0 amide bonds. The zero-order valence-electron chi connectivity index (χ0n) is 12.7. The minimum absolute atomic E-state index is 0.0178. The van der Waals surface area contributed by atoms with E-state index in [4.69, 9.17) is 4.42 Å². The van der Waals surface area contributed by atoms with E-state index in [1.807, 2.05) is 0 Å². The zero-order valence-corrected chi connectivity index (χ0v) is 13.5. The summed E-state index contributed by atoms with van der Waals surface area (Å²) >= 11 is 0. The normalized spacial score (nSPS) is 28.6. The molecule has 0 saturated heterocycles. The number of hydrogen-bond acceptors (Lipinski definition) is 4. The summed E-state index contributed by atoms with van der Waals surface area (Å²) in [6, 6.07) is 3.27. The Morgan fingerprint density at radius 3 is 2.71 bits per heavy atom. The highest BCUT2D eigenvalue weighted by Crippen LogP contribution is 2.47. The number of nitrogens with one attached hydrogen (secondary N) is 1. The predicted molar refractivity (Wildman–Crippen MR) is 80.2 cm³/mol. The zero-order chi connectivity index (χ0) is 15.0. The van der Waals surface area contributed by atoms with Gasteiger partial charge in [0.2, 0.25) is 5.09 Å². The van der Waals surface area contributed by atoms with Crippen LogP contribution >= 0.6 is 0 Å². The van der Waals surface area contributed by atoms with Crippen molar-refractivity contribution in [2.75, 3.05) is 20.6 Å². The van der Waals surface area contributed by atoms with Gasteiger partial charge in [-0.25, -0.2) is 12.7 Å². The van der Waals surface area contributed by atoms with Crippen LogP contribution in [0.5, 0.6) is 0 Å². The molecule has 2 bridgehead atoms. The van der Waals surface area contributed by atoms with Crippen molar-refractivity contribution >= 4 is 10.0 Å². The van der Waals surface area contributed by atoms with Crippen LogP contribution in [0, 0.1) is 17.8 Å². The number of nitrogens with zero attached hydrogens (tertiary/aromatic N) is 1.